The fraction of sp³-hybridized carbons (Fsp3) is 0.0667. The Morgan fingerprint density at radius 1 is 0.875 bits per heavy atom. The molecule has 1 heteroatoms. The molecule has 0 heterocycles. The summed E-state index contributed by atoms with van der Waals surface area (Å²) in [6.45, 7) is 2.00. The highest BCUT2D eigenvalue weighted by Crippen LogP contribution is 2.25. The van der Waals surface area contributed by atoms with Gasteiger partial charge in [-0.25, -0.2) is 0 Å². The second kappa shape index (κ2) is 5.17. The monoisotopic (exact) mass is 210 g/mol. The van der Waals surface area contributed by atoms with Gasteiger partial charge in [0, 0.05) is 5.56 Å². The van der Waals surface area contributed by atoms with Gasteiger partial charge in [0.05, 0.1) is 0 Å². The van der Waals surface area contributed by atoms with Crippen molar-refractivity contribution in [2.75, 3.05) is 0 Å². The van der Waals surface area contributed by atoms with Crippen LogP contribution in [0.3, 0.4) is 0 Å². The first-order valence-electron chi connectivity index (χ1n) is 5.35. The van der Waals surface area contributed by atoms with Crippen LogP contribution in [-0.4, -0.2) is 0 Å². The summed E-state index contributed by atoms with van der Waals surface area (Å²) in [7, 11) is 0. The number of hydrogen-bond donors (Lipinski definition) is 0. The summed E-state index contributed by atoms with van der Waals surface area (Å²) in [6.07, 6.45) is 4.05. The smallest absolute Gasteiger partial charge is 0.134 e. The molecule has 0 radical (unpaired) electrons. The third kappa shape index (κ3) is 2.51. The predicted octanol–water partition coefficient (Wildman–Crippen LogP) is 4.51. The van der Waals surface area contributed by atoms with E-state index in [1.54, 1.807) is 0 Å². The molecule has 0 fully saturated rings. The number of para-hydroxylation sites is 2. The average molecular weight is 210 g/mol. The molecule has 0 unspecified atom stereocenters. The lowest BCUT2D eigenvalue weighted by Gasteiger charge is -2.08. The van der Waals surface area contributed by atoms with E-state index < -0.39 is 0 Å². The summed E-state index contributed by atoms with van der Waals surface area (Å²) >= 11 is 0. The fourth-order valence-corrected chi connectivity index (χ4v) is 1.51. The van der Waals surface area contributed by atoms with Crippen LogP contribution in [0.1, 0.15) is 12.5 Å². The van der Waals surface area contributed by atoms with Crippen molar-refractivity contribution in [3.8, 4) is 11.5 Å². The second-order valence-electron chi connectivity index (χ2n) is 3.45. The number of ether oxygens (including phenoxy) is 1. The molecule has 0 aliphatic heterocycles. The average Bonchev–Trinajstić information content (AvgIpc) is 2.33. The summed E-state index contributed by atoms with van der Waals surface area (Å²) in [5, 5.41) is 0. The van der Waals surface area contributed by atoms with Crippen molar-refractivity contribution < 1.29 is 4.74 Å². The molecule has 2 aromatic carbocycles. The van der Waals surface area contributed by atoms with Gasteiger partial charge in [-0.05, 0) is 25.1 Å². The lowest BCUT2D eigenvalue weighted by Crippen LogP contribution is -1.86. The van der Waals surface area contributed by atoms with Crippen molar-refractivity contribution in [1.29, 1.82) is 0 Å². The van der Waals surface area contributed by atoms with E-state index in [0.717, 1.165) is 17.1 Å². The van der Waals surface area contributed by atoms with Crippen molar-refractivity contribution in [2.24, 2.45) is 0 Å². The first kappa shape index (κ1) is 10.5. The molecule has 0 spiro atoms. The minimum Gasteiger partial charge on any atom is -0.457 e. The highest BCUT2D eigenvalue weighted by Gasteiger charge is 2.00. The summed E-state index contributed by atoms with van der Waals surface area (Å²) < 4.78 is 5.81. The Kier molecular flexibility index (Phi) is 3.39. The maximum Gasteiger partial charge on any atom is 0.134 e. The van der Waals surface area contributed by atoms with Crippen molar-refractivity contribution >= 4 is 6.08 Å². The molecule has 2 rings (SSSR count). The molecule has 0 saturated heterocycles. The Labute approximate surface area is 96.0 Å². The van der Waals surface area contributed by atoms with Crippen molar-refractivity contribution in [2.45, 2.75) is 6.92 Å². The topological polar surface area (TPSA) is 9.23 Å². The summed E-state index contributed by atoms with van der Waals surface area (Å²) in [4.78, 5) is 0. The van der Waals surface area contributed by atoms with Gasteiger partial charge in [-0.1, -0.05) is 48.6 Å². The van der Waals surface area contributed by atoms with Crippen molar-refractivity contribution in [3.05, 3.63) is 66.2 Å². The maximum atomic E-state index is 5.81. The Balaban J connectivity index is 2.28. The number of benzene rings is 2. The molecule has 0 bridgehead atoms. The molecule has 16 heavy (non-hydrogen) atoms. The van der Waals surface area contributed by atoms with Gasteiger partial charge in [-0.3, -0.25) is 0 Å². The zero-order chi connectivity index (χ0) is 11.2. The van der Waals surface area contributed by atoms with E-state index in [9.17, 15) is 0 Å². The zero-order valence-electron chi connectivity index (χ0n) is 9.26. The van der Waals surface area contributed by atoms with E-state index in [0.29, 0.717) is 0 Å². The molecule has 2 aromatic rings. The minimum atomic E-state index is 0.861. The van der Waals surface area contributed by atoms with Gasteiger partial charge in [0.2, 0.25) is 0 Å². The van der Waals surface area contributed by atoms with Crippen LogP contribution < -0.4 is 4.74 Å². The van der Waals surface area contributed by atoms with E-state index in [2.05, 4.69) is 0 Å². The Morgan fingerprint density at radius 3 is 2.31 bits per heavy atom. The second-order valence-corrected chi connectivity index (χ2v) is 3.45. The lowest BCUT2D eigenvalue weighted by atomic mass is 10.2. The first-order valence-corrected chi connectivity index (χ1v) is 5.35. The van der Waals surface area contributed by atoms with Gasteiger partial charge in [-0.15, -0.1) is 0 Å². The van der Waals surface area contributed by atoms with Crippen LogP contribution in [0.4, 0.5) is 0 Å². The van der Waals surface area contributed by atoms with E-state index >= 15 is 0 Å². The molecule has 0 atom stereocenters. The van der Waals surface area contributed by atoms with Gasteiger partial charge in [0.1, 0.15) is 11.5 Å². The molecule has 0 N–H and O–H groups in total. The van der Waals surface area contributed by atoms with Crippen LogP contribution in [-0.2, 0) is 0 Å². The lowest BCUT2D eigenvalue weighted by molar-refractivity contribution is 0.481. The summed E-state index contributed by atoms with van der Waals surface area (Å²) in [5.41, 5.74) is 1.09. The number of hydrogen-bond acceptors (Lipinski definition) is 1. The SMILES string of the molecule is CC=Cc1ccccc1Oc1ccccc1. The van der Waals surface area contributed by atoms with E-state index in [1.807, 2.05) is 73.7 Å². The van der Waals surface area contributed by atoms with Gasteiger partial charge < -0.3 is 4.74 Å². The van der Waals surface area contributed by atoms with Gasteiger partial charge in [0.25, 0.3) is 0 Å². The molecule has 0 aliphatic rings. The van der Waals surface area contributed by atoms with Crippen LogP contribution in [0.25, 0.3) is 6.08 Å². The Bertz CT molecular complexity index is 472. The minimum absolute atomic E-state index is 0.861. The predicted molar refractivity (Wildman–Crippen MR) is 67.7 cm³/mol. The third-order valence-corrected chi connectivity index (χ3v) is 2.24. The highest BCUT2D eigenvalue weighted by atomic mass is 16.5. The van der Waals surface area contributed by atoms with Gasteiger partial charge in [-0.2, -0.15) is 0 Å². The molecule has 0 saturated carbocycles. The van der Waals surface area contributed by atoms with Gasteiger partial charge >= 0.3 is 0 Å². The van der Waals surface area contributed by atoms with Crippen LogP contribution in [0.5, 0.6) is 11.5 Å². The van der Waals surface area contributed by atoms with Crippen LogP contribution in [0.15, 0.2) is 60.7 Å². The van der Waals surface area contributed by atoms with Gasteiger partial charge in [0.15, 0.2) is 0 Å². The molecule has 80 valence electrons. The maximum absolute atomic E-state index is 5.81. The third-order valence-electron chi connectivity index (χ3n) is 2.24. The largest absolute Gasteiger partial charge is 0.457 e. The molecule has 0 aromatic heterocycles. The van der Waals surface area contributed by atoms with E-state index in [4.69, 9.17) is 4.74 Å². The Morgan fingerprint density at radius 2 is 1.56 bits per heavy atom. The highest BCUT2D eigenvalue weighted by molar-refractivity contribution is 5.57. The van der Waals surface area contributed by atoms with Crippen LogP contribution in [0.2, 0.25) is 0 Å². The Hall–Kier alpha value is -2.02. The molecule has 0 amide bonds. The molecular weight excluding hydrogens is 196 g/mol. The summed E-state index contributed by atoms with van der Waals surface area (Å²) in [6, 6.07) is 17.8. The number of rotatable bonds is 3. The first-order chi connectivity index (χ1) is 7.90. The summed E-state index contributed by atoms with van der Waals surface area (Å²) in [5.74, 6) is 1.74. The van der Waals surface area contributed by atoms with Crippen molar-refractivity contribution in [3.63, 3.8) is 0 Å². The molecule has 0 aliphatic carbocycles. The van der Waals surface area contributed by atoms with Crippen LogP contribution in [0, 0.1) is 0 Å². The van der Waals surface area contributed by atoms with Crippen molar-refractivity contribution in [1.82, 2.24) is 0 Å². The molecular formula is C15H14O. The fourth-order valence-electron chi connectivity index (χ4n) is 1.51. The van der Waals surface area contributed by atoms with E-state index in [1.165, 1.54) is 0 Å². The van der Waals surface area contributed by atoms with Crippen LogP contribution >= 0.6 is 0 Å². The quantitative estimate of drug-likeness (QED) is 0.724. The normalized spacial score (nSPS) is 10.6. The zero-order valence-corrected chi connectivity index (χ0v) is 9.26. The van der Waals surface area contributed by atoms with E-state index in [-0.39, 0.29) is 0 Å². The number of allylic oxidation sites excluding steroid dienone is 1. The standard InChI is InChI=1S/C15H14O/c1-2-8-13-9-6-7-12-15(13)16-14-10-4-3-5-11-14/h2-12H,1H3. The molecule has 1 nitrogen and oxygen atoms in total.